The summed E-state index contributed by atoms with van der Waals surface area (Å²) in [6.45, 7) is 3.27. The molecule has 1 amide bonds. The second kappa shape index (κ2) is 8.66. The number of carbonyl (C=O) groups excluding carboxylic acids is 1. The van der Waals surface area contributed by atoms with Crippen molar-refractivity contribution in [3.63, 3.8) is 0 Å². The minimum absolute atomic E-state index is 0.00641. The molecule has 1 aromatic carbocycles. The molecule has 0 aliphatic rings. The molecule has 0 saturated carbocycles. The molecule has 2 aromatic heterocycles. The molecule has 0 fully saturated rings. The minimum atomic E-state index is -3.49. The molecule has 0 unspecified atom stereocenters. The molecule has 2 heterocycles. The Bertz CT molecular complexity index is 1220. The number of pyridine rings is 1. The molecule has 2 N–H and O–H groups in total. The van der Waals surface area contributed by atoms with Gasteiger partial charge in [0, 0.05) is 29.4 Å². The summed E-state index contributed by atoms with van der Waals surface area (Å²) < 4.78 is 30.6. The highest BCUT2D eigenvalue weighted by molar-refractivity contribution is 7.90. The summed E-state index contributed by atoms with van der Waals surface area (Å²) in [4.78, 5) is 16.9. The van der Waals surface area contributed by atoms with Crippen molar-refractivity contribution in [2.45, 2.75) is 24.3 Å². The van der Waals surface area contributed by atoms with E-state index < -0.39 is 21.3 Å². The fourth-order valence-corrected chi connectivity index (χ4v) is 3.51. The number of anilines is 1. The van der Waals surface area contributed by atoms with Gasteiger partial charge in [0.05, 0.1) is 22.3 Å². The van der Waals surface area contributed by atoms with Gasteiger partial charge in [0.2, 0.25) is 0 Å². The van der Waals surface area contributed by atoms with Crippen LogP contribution in [0.3, 0.4) is 0 Å². The Morgan fingerprint density at radius 2 is 2.06 bits per heavy atom. The monoisotopic (exact) mass is 464 g/mol. The zero-order chi connectivity index (χ0) is 22.8. The van der Waals surface area contributed by atoms with Gasteiger partial charge in [-0.1, -0.05) is 11.6 Å². The Kier molecular flexibility index (Phi) is 6.35. The summed E-state index contributed by atoms with van der Waals surface area (Å²) in [6, 6.07) is 7.43. The number of hydrogen-bond acceptors (Lipinski definition) is 7. The van der Waals surface area contributed by atoms with Crippen LogP contribution in [0, 0.1) is 0 Å². The summed E-state index contributed by atoms with van der Waals surface area (Å²) in [7, 11) is -3.49. The number of sulfone groups is 1. The summed E-state index contributed by atoms with van der Waals surface area (Å²) in [5, 5.41) is 16.8. The van der Waals surface area contributed by atoms with E-state index in [0.29, 0.717) is 11.6 Å². The third kappa shape index (κ3) is 6.03. The average Bonchev–Trinajstić information content (AvgIpc) is 3.15. The van der Waals surface area contributed by atoms with Crippen molar-refractivity contribution in [1.82, 2.24) is 14.8 Å². The van der Waals surface area contributed by atoms with E-state index in [2.05, 4.69) is 15.4 Å². The van der Waals surface area contributed by atoms with Crippen molar-refractivity contribution in [2.24, 2.45) is 0 Å². The molecule has 0 aliphatic carbocycles. The molecular weight excluding hydrogens is 444 g/mol. The van der Waals surface area contributed by atoms with E-state index in [1.807, 2.05) is 0 Å². The van der Waals surface area contributed by atoms with Gasteiger partial charge in [-0.3, -0.25) is 4.79 Å². The van der Waals surface area contributed by atoms with Gasteiger partial charge in [-0.15, -0.1) is 0 Å². The maximum absolute atomic E-state index is 12.6. The summed E-state index contributed by atoms with van der Waals surface area (Å²) >= 11 is 5.98. The lowest BCUT2D eigenvalue weighted by Gasteiger charge is -2.18. The number of aromatic nitrogens is 3. The summed E-state index contributed by atoms with van der Waals surface area (Å²) in [5.74, 6) is 0.211. The first-order chi connectivity index (χ1) is 14.4. The quantitative estimate of drug-likeness (QED) is 0.551. The van der Waals surface area contributed by atoms with Crippen LogP contribution in [0.15, 0.2) is 53.8 Å². The Hall–Kier alpha value is -2.95. The first-order valence-electron chi connectivity index (χ1n) is 9.10. The van der Waals surface area contributed by atoms with Crippen molar-refractivity contribution < 1.29 is 23.1 Å². The lowest BCUT2D eigenvalue weighted by atomic mass is 10.2. The first kappa shape index (κ1) is 22.7. The standard InChI is InChI=1S/C20H21ClN4O5S/c1-20(2,27)12-30-17-5-4-6-22-18(17)25-11-13(10-23-25)19(26)24-15-7-14(21)8-16(9-15)31(3,28)29/h4-11,27H,12H2,1-3H3,(H,24,26). The molecular formula is C20H21ClN4O5S. The maximum atomic E-state index is 12.6. The summed E-state index contributed by atoms with van der Waals surface area (Å²) in [6.07, 6.45) is 5.40. The number of ether oxygens (including phenoxy) is 1. The SMILES string of the molecule is CC(C)(O)COc1cccnc1-n1cc(C(=O)Nc2cc(Cl)cc(S(C)(=O)=O)c2)cn1. The molecule has 0 bridgehead atoms. The average molecular weight is 465 g/mol. The number of nitrogens with zero attached hydrogens (tertiary/aromatic N) is 3. The van der Waals surface area contributed by atoms with Crippen molar-refractivity contribution in [1.29, 1.82) is 0 Å². The third-order valence-corrected chi connectivity index (χ3v) is 5.26. The number of benzene rings is 1. The number of halogens is 1. The molecule has 0 spiro atoms. The highest BCUT2D eigenvalue weighted by Crippen LogP contribution is 2.24. The second-order valence-corrected chi connectivity index (χ2v) is 9.95. The van der Waals surface area contributed by atoms with Crippen molar-refractivity contribution in [2.75, 3.05) is 18.2 Å². The molecule has 3 aromatic rings. The fourth-order valence-electron chi connectivity index (χ4n) is 2.53. The smallest absolute Gasteiger partial charge is 0.258 e. The topological polar surface area (TPSA) is 123 Å². The van der Waals surface area contributed by atoms with E-state index in [1.165, 1.54) is 35.3 Å². The van der Waals surface area contributed by atoms with E-state index in [9.17, 15) is 18.3 Å². The second-order valence-electron chi connectivity index (χ2n) is 7.50. The number of carbonyl (C=O) groups is 1. The van der Waals surface area contributed by atoms with Gasteiger partial charge in [0.15, 0.2) is 21.4 Å². The van der Waals surface area contributed by atoms with Gasteiger partial charge in [-0.25, -0.2) is 18.1 Å². The van der Waals surface area contributed by atoms with Crippen molar-refractivity contribution in [3.05, 3.63) is 59.5 Å². The van der Waals surface area contributed by atoms with E-state index in [1.54, 1.807) is 32.2 Å². The summed E-state index contributed by atoms with van der Waals surface area (Å²) in [5.41, 5.74) is -0.595. The van der Waals surface area contributed by atoms with Crippen LogP contribution in [-0.2, 0) is 9.84 Å². The van der Waals surface area contributed by atoms with E-state index in [0.717, 1.165) is 6.26 Å². The largest absolute Gasteiger partial charge is 0.487 e. The van der Waals surface area contributed by atoms with Crippen molar-refractivity contribution >= 4 is 33.0 Å². The van der Waals surface area contributed by atoms with E-state index >= 15 is 0 Å². The lowest BCUT2D eigenvalue weighted by molar-refractivity contribution is 0.0283. The highest BCUT2D eigenvalue weighted by atomic mass is 35.5. The van der Waals surface area contributed by atoms with Gasteiger partial charge in [0.1, 0.15) is 6.61 Å². The molecule has 164 valence electrons. The Balaban J connectivity index is 1.82. The van der Waals surface area contributed by atoms with Crippen LogP contribution in [0.2, 0.25) is 5.02 Å². The number of aliphatic hydroxyl groups is 1. The van der Waals surface area contributed by atoms with Crippen LogP contribution < -0.4 is 10.1 Å². The number of hydrogen-bond donors (Lipinski definition) is 2. The number of nitrogens with one attached hydrogen (secondary N) is 1. The minimum Gasteiger partial charge on any atom is -0.487 e. The van der Waals surface area contributed by atoms with Gasteiger partial charge in [-0.05, 0) is 44.2 Å². The number of rotatable bonds is 7. The third-order valence-electron chi connectivity index (χ3n) is 3.95. The van der Waals surface area contributed by atoms with Crippen LogP contribution in [0.1, 0.15) is 24.2 Å². The van der Waals surface area contributed by atoms with Crippen LogP contribution in [0.25, 0.3) is 5.82 Å². The van der Waals surface area contributed by atoms with Crippen LogP contribution in [0.4, 0.5) is 5.69 Å². The Morgan fingerprint density at radius 1 is 1.32 bits per heavy atom. The van der Waals surface area contributed by atoms with Crippen LogP contribution >= 0.6 is 11.6 Å². The molecule has 9 nitrogen and oxygen atoms in total. The molecule has 3 rings (SSSR count). The molecule has 0 radical (unpaired) electrons. The molecule has 0 atom stereocenters. The fraction of sp³-hybridized carbons (Fsp3) is 0.250. The Morgan fingerprint density at radius 3 is 2.74 bits per heavy atom. The zero-order valence-corrected chi connectivity index (χ0v) is 18.6. The highest BCUT2D eigenvalue weighted by Gasteiger charge is 2.18. The van der Waals surface area contributed by atoms with Gasteiger partial charge < -0.3 is 15.2 Å². The predicted octanol–water partition coefficient (Wildman–Crippen LogP) is 2.73. The lowest BCUT2D eigenvalue weighted by Crippen LogP contribution is -2.28. The molecule has 0 saturated heterocycles. The molecule has 11 heteroatoms. The van der Waals surface area contributed by atoms with Crippen LogP contribution in [0.5, 0.6) is 5.75 Å². The zero-order valence-electron chi connectivity index (χ0n) is 17.0. The molecule has 0 aliphatic heterocycles. The van der Waals surface area contributed by atoms with E-state index in [4.69, 9.17) is 16.3 Å². The maximum Gasteiger partial charge on any atom is 0.258 e. The van der Waals surface area contributed by atoms with Gasteiger partial charge in [0.25, 0.3) is 5.91 Å². The van der Waals surface area contributed by atoms with E-state index in [-0.39, 0.29) is 27.8 Å². The van der Waals surface area contributed by atoms with Crippen LogP contribution in [-0.4, -0.2) is 52.7 Å². The number of amides is 1. The Labute approximate surface area is 184 Å². The first-order valence-corrected chi connectivity index (χ1v) is 11.4. The normalized spacial score (nSPS) is 11.9. The van der Waals surface area contributed by atoms with Crippen molar-refractivity contribution in [3.8, 4) is 11.6 Å². The molecule has 31 heavy (non-hydrogen) atoms. The predicted molar refractivity (Wildman–Crippen MR) is 116 cm³/mol. The van der Waals surface area contributed by atoms with Gasteiger partial charge in [-0.2, -0.15) is 5.10 Å². The van der Waals surface area contributed by atoms with Gasteiger partial charge >= 0.3 is 0 Å².